The molecule has 1 heterocycles. The van der Waals surface area contributed by atoms with Crippen molar-refractivity contribution in [3.05, 3.63) is 0 Å². The molecule has 0 N–H and O–H groups in total. The molecule has 1 aliphatic heterocycles. The zero-order valence-electron chi connectivity index (χ0n) is 7.28. The molecule has 1 saturated heterocycles. The fourth-order valence-electron chi connectivity index (χ4n) is 0.510. The van der Waals surface area contributed by atoms with Gasteiger partial charge in [0.1, 0.15) is 0 Å². The summed E-state index contributed by atoms with van der Waals surface area (Å²) in [6.07, 6.45) is 2.56. The molecule has 0 unspecified atom stereocenters. The summed E-state index contributed by atoms with van der Waals surface area (Å²) in [5.41, 5.74) is 0. The molecule has 0 aromatic carbocycles. The summed E-state index contributed by atoms with van der Waals surface area (Å²) in [6.45, 7) is 2.00. The van der Waals surface area contributed by atoms with E-state index in [0.29, 0.717) is 0 Å². The Morgan fingerprint density at radius 3 is 1.33 bits per heavy atom. The Hall–Kier alpha value is 1.83. The molecule has 12 heavy (non-hydrogen) atoms. The normalized spacial score (nSPS) is 14.8. The van der Waals surface area contributed by atoms with E-state index in [1.165, 1.54) is 12.8 Å². The molecular weight excluding hydrogens is 206 g/mol. The Morgan fingerprint density at radius 2 is 1.25 bits per heavy atom. The first kappa shape index (κ1) is 19.4. The summed E-state index contributed by atoms with van der Waals surface area (Å²) in [5.74, 6) is 0. The molecule has 0 atom stereocenters. The van der Waals surface area contributed by atoms with E-state index in [2.05, 4.69) is 0 Å². The van der Waals surface area contributed by atoms with Crippen LogP contribution in [0.25, 0.3) is 0 Å². The van der Waals surface area contributed by atoms with Crippen LogP contribution in [0.5, 0.6) is 0 Å². The minimum absolute atomic E-state index is 0. The van der Waals surface area contributed by atoms with Gasteiger partial charge in [-0.05, 0) is 12.8 Å². The average molecular weight is 214 g/mol. The molecule has 1 aliphatic rings. The van der Waals surface area contributed by atoms with Gasteiger partial charge in [-0.25, -0.2) is 0 Å². The molecule has 0 aromatic heterocycles. The first-order valence-electron chi connectivity index (χ1n) is 2.74. The first-order valence-corrected chi connectivity index (χ1v) is 4.08. The van der Waals surface area contributed by atoms with Crippen molar-refractivity contribution in [1.82, 2.24) is 0 Å². The van der Waals surface area contributed by atoms with Crippen molar-refractivity contribution in [2.45, 2.75) is 12.8 Å². The largest absolute Gasteiger partial charge is 1.00 e. The second kappa shape index (κ2) is 10.9. The van der Waals surface area contributed by atoms with Gasteiger partial charge in [0, 0.05) is 23.6 Å². The van der Waals surface area contributed by atoms with Crippen LogP contribution in [-0.2, 0) is 15.1 Å². The Balaban J connectivity index is -0.000000116. The molecule has 0 aliphatic carbocycles. The molecule has 8 heteroatoms. The van der Waals surface area contributed by atoms with E-state index in [1.54, 1.807) is 0 Å². The van der Waals surface area contributed by atoms with Crippen LogP contribution in [0.1, 0.15) is 12.8 Å². The number of hydrogen-bond donors (Lipinski definition) is 0. The monoisotopic (exact) mass is 214 g/mol. The quantitative estimate of drug-likeness (QED) is 0.227. The fraction of sp³-hybridized carbons (Fsp3) is 1.00. The maximum atomic E-state index is 8.52. The third kappa shape index (κ3) is 29.7. The topological polar surface area (TPSA) is 89.5 Å². The van der Waals surface area contributed by atoms with Gasteiger partial charge < -0.3 is 13.8 Å². The summed E-state index contributed by atoms with van der Waals surface area (Å²) in [6, 6.07) is 0. The van der Waals surface area contributed by atoms with Crippen molar-refractivity contribution >= 4 is 10.4 Å². The SMILES string of the molecule is C1CCOC1.O=S(=O)([O-])[O-].[Na+].[Na+]. The van der Waals surface area contributed by atoms with Crippen LogP contribution in [0.3, 0.4) is 0 Å². The molecule has 0 bridgehead atoms. The van der Waals surface area contributed by atoms with E-state index in [4.69, 9.17) is 22.3 Å². The van der Waals surface area contributed by atoms with Crippen molar-refractivity contribution in [2.75, 3.05) is 13.2 Å². The van der Waals surface area contributed by atoms with Crippen LogP contribution in [-0.4, -0.2) is 30.7 Å². The van der Waals surface area contributed by atoms with Crippen LogP contribution in [0.2, 0.25) is 0 Å². The maximum Gasteiger partial charge on any atom is 1.00 e. The van der Waals surface area contributed by atoms with Crippen LogP contribution < -0.4 is 59.1 Å². The Kier molecular flexibility index (Phi) is 17.6. The standard InChI is InChI=1S/C4H8O.2Na.H2O4S/c1-2-4-5-3-1;;;1-5(2,3)4/h1-4H2;;;(H2,1,2,3,4)/q;2*+1;/p-2. The van der Waals surface area contributed by atoms with Crippen molar-refractivity contribution < 1.29 is 81.4 Å². The molecule has 0 radical (unpaired) electrons. The molecular formula is C4H8Na2O5S. The molecule has 62 valence electrons. The minimum atomic E-state index is -5.17. The Bertz CT molecular complexity index is 149. The van der Waals surface area contributed by atoms with Gasteiger partial charge in [0.15, 0.2) is 0 Å². The van der Waals surface area contributed by atoms with E-state index in [0.717, 1.165) is 13.2 Å². The van der Waals surface area contributed by atoms with Crippen molar-refractivity contribution in [1.29, 1.82) is 0 Å². The fourth-order valence-corrected chi connectivity index (χ4v) is 0.510. The summed E-state index contributed by atoms with van der Waals surface area (Å²) in [5, 5.41) is 0. The van der Waals surface area contributed by atoms with Gasteiger partial charge in [-0.15, -0.1) is 0 Å². The molecule has 0 spiro atoms. The number of hydrogen-bond acceptors (Lipinski definition) is 5. The van der Waals surface area contributed by atoms with E-state index in [-0.39, 0.29) is 59.1 Å². The second-order valence-electron chi connectivity index (χ2n) is 1.73. The third-order valence-electron chi connectivity index (χ3n) is 0.827. The van der Waals surface area contributed by atoms with Gasteiger partial charge in [-0.3, -0.25) is 8.42 Å². The van der Waals surface area contributed by atoms with Gasteiger partial charge in [0.05, 0.1) is 0 Å². The van der Waals surface area contributed by atoms with E-state index in [9.17, 15) is 0 Å². The minimum Gasteiger partial charge on any atom is -0.759 e. The Labute approximate surface area is 116 Å². The Morgan fingerprint density at radius 1 is 1.00 bits per heavy atom. The van der Waals surface area contributed by atoms with Crippen LogP contribution in [0, 0.1) is 0 Å². The smallest absolute Gasteiger partial charge is 0.759 e. The van der Waals surface area contributed by atoms with E-state index in [1.807, 2.05) is 0 Å². The molecule has 1 rings (SSSR count). The zero-order chi connectivity index (χ0) is 8.04. The van der Waals surface area contributed by atoms with Gasteiger partial charge in [0.25, 0.3) is 0 Å². The number of ether oxygens (including phenoxy) is 1. The predicted octanol–water partition coefficient (Wildman–Crippen LogP) is -6.53. The third-order valence-corrected chi connectivity index (χ3v) is 0.827. The van der Waals surface area contributed by atoms with E-state index >= 15 is 0 Å². The van der Waals surface area contributed by atoms with Crippen molar-refractivity contribution in [3.63, 3.8) is 0 Å². The molecule has 5 nitrogen and oxygen atoms in total. The second-order valence-corrected chi connectivity index (χ2v) is 2.54. The van der Waals surface area contributed by atoms with E-state index < -0.39 is 10.4 Å². The summed E-state index contributed by atoms with van der Waals surface area (Å²) in [7, 11) is -5.17. The summed E-state index contributed by atoms with van der Waals surface area (Å²) in [4.78, 5) is 0. The van der Waals surface area contributed by atoms with Crippen molar-refractivity contribution in [2.24, 2.45) is 0 Å². The summed E-state index contributed by atoms with van der Waals surface area (Å²) < 4.78 is 39.0. The first-order chi connectivity index (χ1) is 4.50. The zero-order valence-corrected chi connectivity index (χ0v) is 12.1. The molecule has 0 amide bonds. The van der Waals surface area contributed by atoms with Gasteiger partial charge in [-0.2, -0.15) is 0 Å². The van der Waals surface area contributed by atoms with Gasteiger partial charge >= 0.3 is 59.1 Å². The number of rotatable bonds is 0. The maximum absolute atomic E-state index is 8.52. The van der Waals surface area contributed by atoms with Gasteiger partial charge in [-0.1, -0.05) is 0 Å². The predicted molar refractivity (Wildman–Crippen MR) is 30.5 cm³/mol. The van der Waals surface area contributed by atoms with Crippen LogP contribution in [0.15, 0.2) is 0 Å². The molecule has 1 fully saturated rings. The molecule has 0 saturated carbocycles. The van der Waals surface area contributed by atoms with Crippen LogP contribution in [0.4, 0.5) is 0 Å². The van der Waals surface area contributed by atoms with Gasteiger partial charge in [0.2, 0.25) is 0 Å². The van der Waals surface area contributed by atoms with Crippen molar-refractivity contribution in [3.8, 4) is 0 Å². The molecule has 0 aromatic rings. The summed E-state index contributed by atoms with van der Waals surface area (Å²) >= 11 is 0. The average Bonchev–Trinajstić information content (AvgIpc) is 2.07. The van der Waals surface area contributed by atoms with Crippen LogP contribution >= 0.6 is 0 Å².